The van der Waals surface area contributed by atoms with Crippen molar-refractivity contribution >= 4 is 11.6 Å². The van der Waals surface area contributed by atoms with Crippen LogP contribution in [0.25, 0.3) is 11.4 Å². The van der Waals surface area contributed by atoms with Crippen LogP contribution in [0, 0.1) is 5.82 Å². The van der Waals surface area contributed by atoms with Gasteiger partial charge in [0.1, 0.15) is 5.82 Å². The molecule has 19 heavy (non-hydrogen) atoms. The van der Waals surface area contributed by atoms with E-state index in [1.807, 2.05) is 20.9 Å². The fourth-order valence-electron chi connectivity index (χ4n) is 1.64. The minimum Gasteiger partial charge on any atom is -0.339 e. The molecule has 0 radical (unpaired) electrons. The van der Waals surface area contributed by atoms with E-state index in [2.05, 4.69) is 15.5 Å². The first-order valence-corrected chi connectivity index (χ1v) is 6.37. The smallest absolute Gasteiger partial charge is 0.231 e. The molecule has 2 aromatic rings. The third kappa shape index (κ3) is 2.93. The van der Waals surface area contributed by atoms with Crippen molar-refractivity contribution < 1.29 is 8.91 Å². The highest BCUT2D eigenvalue weighted by molar-refractivity contribution is 6.31. The fraction of sp³-hybridized carbons (Fsp3) is 0.385. The summed E-state index contributed by atoms with van der Waals surface area (Å²) in [4.78, 5) is 4.32. The second kappa shape index (κ2) is 5.67. The van der Waals surface area contributed by atoms with E-state index in [1.165, 1.54) is 12.1 Å². The van der Waals surface area contributed by atoms with Crippen molar-refractivity contribution in [2.45, 2.75) is 25.8 Å². The van der Waals surface area contributed by atoms with Gasteiger partial charge in [0.25, 0.3) is 0 Å². The molecule has 0 saturated carbocycles. The predicted molar refractivity (Wildman–Crippen MR) is 71.6 cm³/mol. The van der Waals surface area contributed by atoms with Gasteiger partial charge in [0.15, 0.2) is 0 Å². The number of nitrogens with one attached hydrogen (secondary N) is 1. The fourth-order valence-corrected chi connectivity index (χ4v) is 1.82. The van der Waals surface area contributed by atoms with E-state index in [9.17, 15) is 4.39 Å². The quantitative estimate of drug-likeness (QED) is 0.936. The third-order valence-corrected chi connectivity index (χ3v) is 3.50. The van der Waals surface area contributed by atoms with Crippen molar-refractivity contribution in [2.24, 2.45) is 0 Å². The number of benzene rings is 1. The van der Waals surface area contributed by atoms with Crippen molar-refractivity contribution in [2.75, 3.05) is 7.05 Å². The van der Waals surface area contributed by atoms with Crippen molar-refractivity contribution in [3.8, 4) is 11.4 Å². The summed E-state index contributed by atoms with van der Waals surface area (Å²) < 4.78 is 18.3. The molecule has 4 nitrogen and oxygen atoms in total. The van der Waals surface area contributed by atoms with Crippen LogP contribution in [0.15, 0.2) is 22.7 Å². The topological polar surface area (TPSA) is 51.0 Å². The van der Waals surface area contributed by atoms with E-state index in [0.717, 1.165) is 0 Å². The molecule has 1 heterocycles. The first-order valence-electron chi connectivity index (χ1n) is 5.99. The molecule has 1 N–H and O–H groups in total. The van der Waals surface area contributed by atoms with Crippen LogP contribution in [0.1, 0.15) is 25.7 Å². The number of likely N-dealkylation sites (N-methyl/N-ethyl adjacent to an activating group) is 1. The summed E-state index contributed by atoms with van der Waals surface area (Å²) in [7, 11) is 1.87. The van der Waals surface area contributed by atoms with Gasteiger partial charge in [0.05, 0.1) is 10.9 Å². The first kappa shape index (κ1) is 14.0. The SMILES string of the molecule is CNC(C)C(C)c1nc(-c2ccc(F)c(Cl)c2)no1. The Labute approximate surface area is 116 Å². The zero-order valence-corrected chi connectivity index (χ0v) is 11.7. The van der Waals surface area contributed by atoms with Gasteiger partial charge in [-0.25, -0.2) is 4.39 Å². The summed E-state index contributed by atoms with van der Waals surface area (Å²) in [5.74, 6) is 0.567. The summed E-state index contributed by atoms with van der Waals surface area (Å²) in [5.41, 5.74) is 0.630. The molecule has 0 saturated heterocycles. The van der Waals surface area contributed by atoms with Gasteiger partial charge in [0.2, 0.25) is 11.7 Å². The highest BCUT2D eigenvalue weighted by atomic mass is 35.5. The van der Waals surface area contributed by atoms with Crippen LogP contribution < -0.4 is 5.32 Å². The number of aromatic nitrogens is 2. The molecule has 0 aliphatic rings. The lowest BCUT2D eigenvalue weighted by molar-refractivity contribution is 0.336. The van der Waals surface area contributed by atoms with Crippen LogP contribution in [0.3, 0.4) is 0 Å². The number of rotatable bonds is 4. The van der Waals surface area contributed by atoms with Crippen molar-refractivity contribution in [1.82, 2.24) is 15.5 Å². The summed E-state index contributed by atoms with van der Waals surface area (Å²) >= 11 is 5.73. The highest BCUT2D eigenvalue weighted by Crippen LogP contribution is 2.25. The molecule has 2 rings (SSSR count). The van der Waals surface area contributed by atoms with E-state index in [-0.39, 0.29) is 17.0 Å². The summed E-state index contributed by atoms with van der Waals surface area (Å²) in [6.45, 7) is 4.03. The zero-order valence-electron chi connectivity index (χ0n) is 10.9. The summed E-state index contributed by atoms with van der Waals surface area (Å²) in [6, 6.07) is 4.55. The minimum atomic E-state index is -0.466. The van der Waals surface area contributed by atoms with Crippen LogP contribution in [-0.4, -0.2) is 23.2 Å². The van der Waals surface area contributed by atoms with Crippen LogP contribution in [0.4, 0.5) is 4.39 Å². The monoisotopic (exact) mass is 283 g/mol. The molecular weight excluding hydrogens is 269 g/mol. The van der Waals surface area contributed by atoms with Gasteiger partial charge in [-0.15, -0.1) is 0 Å². The maximum absolute atomic E-state index is 13.1. The van der Waals surface area contributed by atoms with Crippen LogP contribution in [0.2, 0.25) is 5.02 Å². The zero-order chi connectivity index (χ0) is 14.0. The lowest BCUT2D eigenvalue weighted by atomic mass is 10.0. The largest absolute Gasteiger partial charge is 0.339 e. The van der Waals surface area contributed by atoms with E-state index in [0.29, 0.717) is 17.3 Å². The standard InChI is InChI=1S/C13H15ClFN3O/c1-7(8(2)16-3)13-17-12(18-19-13)9-4-5-11(15)10(14)6-9/h4-8,16H,1-3H3. The summed E-state index contributed by atoms with van der Waals surface area (Å²) in [6.07, 6.45) is 0. The molecule has 1 aromatic heterocycles. The van der Waals surface area contributed by atoms with Gasteiger partial charge in [-0.3, -0.25) is 0 Å². The van der Waals surface area contributed by atoms with Gasteiger partial charge >= 0.3 is 0 Å². The minimum absolute atomic E-state index is 0.0421. The van der Waals surface area contributed by atoms with Crippen molar-refractivity contribution in [1.29, 1.82) is 0 Å². The molecule has 2 atom stereocenters. The average Bonchev–Trinajstić information content (AvgIpc) is 2.89. The maximum Gasteiger partial charge on any atom is 0.231 e. The lowest BCUT2D eigenvalue weighted by Gasteiger charge is -2.14. The Kier molecular flexibility index (Phi) is 4.17. The van der Waals surface area contributed by atoms with Gasteiger partial charge in [-0.2, -0.15) is 4.98 Å². The molecular formula is C13H15ClFN3O. The Balaban J connectivity index is 2.27. The van der Waals surface area contributed by atoms with E-state index < -0.39 is 5.82 Å². The Hall–Kier alpha value is -1.46. The Morgan fingerprint density at radius 3 is 2.74 bits per heavy atom. The first-order chi connectivity index (χ1) is 9.02. The third-order valence-electron chi connectivity index (χ3n) is 3.21. The molecule has 0 aliphatic heterocycles. The van der Waals surface area contributed by atoms with Gasteiger partial charge in [-0.1, -0.05) is 23.7 Å². The normalized spacial score (nSPS) is 14.4. The average molecular weight is 284 g/mol. The van der Waals surface area contributed by atoms with E-state index in [1.54, 1.807) is 6.07 Å². The van der Waals surface area contributed by atoms with Crippen LogP contribution in [0.5, 0.6) is 0 Å². The van der Waals surface area contributed by atoms with Gasteiger partial charge in [-0.05, 0) is 32.2 Å². The summed E-state index contributed by atoms with van der Waals surface area (Å²) in [5, 5.41) is 7.07. The Bertz CT molecular complexity index is 573. The Morgan fingerprint density at radius 1 is 1.37 bits per heavy atom. The van der Waals surface area contributed by atoms with E-state index in [4.69, 9.17) is 16.1 Å². The second-order valence-corrected chi connectivity index (χ2v) is 4.86. The molecule has 0 amide bonds. The molecule has 6 heteroatoms. The van der Waals surface area contributed by atoms with E-state index >= 15 is 0 Å². The highest BCUT2D eigenvalue weighted by Gasteiger charge is 2.20. The number of hydrogen-bond acceptors (Lipinski definition) is 4. The molecule has 0 bridgehead atoms. The molecule has 2 unspecified atom stereocenters. The molecule has 0 fully saturated rings. The number of hydrogen-bond donors (Lipinski definition) is 1. The van der Waals surface area contributed by atoms with Gasteiger partial charge in [0, 0.05) is 11.6 Å². The number of nitrogens with zero attached hydrogens (tertiary/aromatic N) is 2. The van der Waals surface area contributed by atoms with Crippen molar-refractivity contribution in [3.05, 3.63) is 34.9 Å². The Morgan fingerprint density at radius 2 is 2.11 bits per heavy atom. The number of halogens is 2. The molecule has 0 spiro atoms. The van der Waals surface area contributed by atoms with Gasteiger partial charge < -0.3 is 9.84 Å². The molecule has 1 aromatic carbocycles. The van der Waals surface area contributed by atoms with Crippen LogP contribution >= 0.6 is 11.6 Å². The maximum atomic E-state index is 13.1. The molecule has 102 valence electrons. The predicted octanol–water partition coefficient (Wildman–Crippen LogP) is 3.24. The molecule has 0 aliphatic carbocycles. The second-order valence-electron chi connectivity index (χ2n) is 4.45. The van der Waals surface area contributed by atoms with Crippen molar-refractivity contribution in [3.63, 3.8) is 0 Å². The van der Waals surface area contributed by atoms with Crippen LogP contribution in [-0.2, 0) is 0 Å². The lowest BCUT2D eigenvalue weighted by Crippen LogP contribution is -2.27.